The first-order valence-corrected chi connectivity index (χ1v) is 5.88. The smallest absolute Gasteiger partial charge is 0.0785 e. The molecule has 1 rings (SSSR count). The first-order valence-electron chi connectivity index (χ1n) is 5.88. The zero-order valence-corrected chi connectivity index (χ0v) is 10.6. The van der Waals surface area contributed by atoms with Crippen molar-refractivity contribution in [1.29, 1.82) is 0 Å². The van der Waals surface area contributed by atoms with Crippen LogP contribution in [0.3, 0.4) is 0 Å². The summed E-state index contributed by atoms with van der Waals surface area (Å²) >= 11 is 0. The van der Waals surface area contributed by atoms with Gasteiger partial charge in [0.15, 0.2) is 0 Å². The minimum atomic E-state index is 0.153. The van der Waals surface area contributed by atoms with Crippen molar-refractivity contribution >= 4 is 0 Å². The van der Waals surface area contributed by atoms with E-state index in [0.29, 0.717) is 0 Å². The van der Waals surface area contributed by atoms with E-state index in [1.165, 1.54) is 0 Å². The molecule has 0 aliphatic heterocycles. The fourth-order valence-corrected chi connectivity index (χ4v) is 1.95. The average Bonchev–Trinajstić information content (AvgIpc) is 2.67. The van der Waals surface area contributed by atoms with Gasteiger partial charge in [-0.1, -0.05) is 18.6 Å². The van der Waals surface area contributed by atoms with Crippen LogP contribution in [0, 0.1) is 0 Å². The molecule has 1 N–H and O–H groups in total. The van der Waals surface area contributed by atoms with Gasteiger partial charge >= 0.3 is 0 Å². The second kappa shape index (κ2) is 6.60. The number of hydrogen-bond acceptors (Lipinski definition) is 4. The monoisotopic (exact) mass is 226 g/mol. The van der Waals surface area contributed by atoms with Crippen LogP contribution in [0.5, 0.6) is 0 Å². The van der Waals surface area contributed by atoms with Gasteiger partial charge in [-0.3, -0.25) is 4.68 Å². The van der Waals surface area contributed by atoms with Crippen LogP contribution < -0.4 is 5.32 Å². The molecule has 0 saturated heterocycles. The molecule has 1 aromatic heterocycles. The molecular weight excluding hydrogens is 204 g/mol. The number of nitrogens with one attached hydrogen (secondary N) is 1. The van der Waals surface area contributed by atoms with Crippen molar-refractivity contribution in [3.8, 4) is 0 Å². The largest absolute Gasteiger partial charge is 0.376 e. The molecule has 1 aromatic rings. The van der Waals surface area contributed by atoms with E-state index in [0.717, 1.165) is 25.1 Å². The molecule has 0 radical (unpaired) electrons. The Morgan fingerprint density at radius 1 is 1.50 bits per heavy atom. The highest BCUT2D eigenvalue weighted by molar-refractivity contribution is 5.04. The maximum absolute atomic E-state index is 5.78. The number of ether oxygens (including phenoxy) is 1. The Kier molecular flexibility index (Phi) is 5.42. The SMILES string of the molecule is CCCC(OCC)C(NC)c1cnnn1C. The Morgan fingerprint density at radius 3 is 2.69 bits per heavy atom. The van der Waals surface area contributed by atoms with Crippen LogP contribution in [-0.4, -0.2) is 34.8 Å². The number of rotatable bonds is 7. The molecule has 0 bridgehead atoms. The summed E-state index contributed by atoms with van der Waals surface area (Å²) in [5.74, 6) is 0. The van der Waals surface area contributed by atoms with Crippen LogP contribution in [0.4, 0.5) is 0 Å². The Labute approximate surface area is 97.2 Å². The zero-order chi connectivity index (χ0) is 12.0. The highest BCUT2D eigenvalue weighted by atomic mass is 16.5. The fourth-order valence-electron chi connectivity index (χ4n) is 1.95. The lowest BCUT2D eigenvalue weighted by Crippen LogP contribution is -2.33. The molecule has 5 nitrogen and oxygen atoms in total. The molecular formula is C11H22N4O. The van der Waals surface area contributed by atoms with Crippen molar-refractivity contribution in [2.24, 2.45) is 7.05 Å². The number of hydrogen-bond donors (Lipinski definition) is 1. The topological polar surface area (TPSA) is 52.0 Å². The Hall–Kier alpha value is -0.940. The predicted molar refractivity (Wildman–Crippen MR) is 63.1 cm³/mol. The van der Waals surface area contributed by atoms with Crippen molar-refractivity contribution in [1.82, 2.24) is 20.3 Å². The van der Waals surface area contributed by atoms with E-state index >= 15 is 0 Å². The van der Waals surface area contributed by atoms with E-state index in [4.69, 9.17) is 4.74 Å². The van der Waals surface area contributed by atoms with Gasteiger partial charge in [-0.05, 0) is 20.4 Å². The number of likely N-dealkylation sites (N-methyl/N-ethyl adjacent to an activating group) is 1. The Bertz CT molecular complexity index is 294. The van der Waals surface area contributed by atoms with Gasteiger partial charge in [0.25, 0.3) is 0 Å². The van der Waals surface area contributed by atoms with Crippen molar-refractivity contribution in [2.45, 2.75) is 38.8 Å². The van der Waals surface area contributed by atoms with Crippen LogP contribution >= 0.6 is 0 Å². The van der Waals surface area contributed by atoms with Gasteiger partial charge in [0.05, 0.1) is 24.0 Å². The summed E-state index contributed by atoms with van der Waals surface area (Å²) in [5, 5.41) is 11.2. The van der Waals surface area contributed by atoms with Gasteiger partial charge in [-0.15, -0.1) is 5.10 Å². The summed E-state index contributed by atoms with van der Waals surface area (Å²) in [7, 11) is 3.85. The normalized spacial score (nSPS) is 15.0. The average molecular weight is 226 g/mol. The van der Waals surface area contributed by atoms with Crippen LogP contribution in [0.15, 0.2) is 6.20 Å². The quantitative estimate of drug-likeness (QED) is 0.761. The molecule has 0 aliphatic rings. The number of nitrogens with zero attached hydrogens (tertiary/aromatic N) is 3. The fraction of sp³-hybridized carbons (Fsp3) is 0.818. The summed E-state index contributed by atoms with van der Waals surface area (Å²) in [6, 6.07) is 0.153. The molecule has 0 spiro atoms. The highest BCUT2D eigenvalue weighted by Gasteiger charge is 2.24. The first-order chi connectivity index (χ1) is 7.74. The molecule has 2 atom stereocenters. The van der Waals surface area contributed by atoms with Crippen molar-refractivity contribution < 1.29 is 4.74 Å². The van der Waals surface area contributed by atoms with Crippen LogP contribution in [-0.2, 0) is 11.8 Å². The Morgan fingerprint density at radius 2 is 2.25 bits per heavy atom. The Balaban J connectivity index is 2.81. The zero-order valence-electron chi connectivity index (χ0n) is 10.6. The molecule has 0 aliphatic carbocycles. The molecule has 5 heteroatoms. The van der Waals surface area contributed by atoms with Gasteiger partial charge in [0.2, 0.25) is 0 Å². The molecule has 0 fully saturated rings. The van der Waals surface area contributed by atoms with Gasteiger partial charge in [-0.2, -0.15) is 0 Å². The van der Waals surface area contributed by atoms with Crippen molar-refractivity contribution in [2.75, 3.05) is 13.7 Å². The van der Waals surface area contributed by atoms with Crippen LogP contribution in [0.1, 0.15) is 38.4 Å². The number of aryl methyl sites for hydroxylation is 1. The first kappa shape index (κ1) is 13.1. The second-order valence-electron chi connectivity index (χ2n) is 3.83. The van der Waals surface area contributed by atoms with Gasteiger partial charge in [0.1, 0.15) is 0 Å². The standard InChI is InChI=1S/C11H22N4O/c1-5-7-10(16-6-2)11(12-3)9-8-13-14-15(9)4/h8,10-12H,5-7H2,1-4H3. The summed E-state index contributed by atoms with van der Waals surface area (Å²) in [6.07, 6.45) is 4.11. The highest BCUT2D eigenvalue weighted by Crippen LogP contribution is 2.21. The summed E-state index contributed by atoms with van der Waals surface area (Å²) in [6.45, 7) is 4.92. The molecule has 1 heterocycles. The molecule has 16 heavy (non-hydrogen) atoms. The third kappa shape index (κ3) is 3.02. The van der Waals surface area contributed by atoms with Crippen molar-refractivity contribution in [3.05, 3.63) is 11.9 Å². The molecule has 0 saturated carbocycles. The lowest BCUT2D eigenvalue weighted by molar-refractivity contribution is 0.0276. The maximum atomic E-state index is 5.78. The molecule has 92 valence electrons. The van der Waals surface area contributed by atoms with E-state index in [2.05, 4.69) is 22.6 Å². The third-order valence-electron chi connectivity index (χ3n) is 2.70. The van der Waals surface area contributed by atoms with Crippen LogP contribution in [0.25, 0.3) is 0 Å². The third-order valence-corrected chi connectivity index (χ3v) is 2.70. The van der Waals surface area contributed by atoms with Gasteiger partial charge < -0.3 is 10.1 Å². The summed E-state index contributed by atoms with van der Waals surface area (Å²) in [4.78, 5) is 0. The van der Waals surface area contributed by atoms with E-state index < -0.39 is 0 Å². The number of aromatic nitrogens is 3. The minimum Gasteiger partial charge on any atom is -0.376 e. The summed E-state index contributed by atoms with van der Waals surface area (Å²) < 4.78 is 7.58. The van der Waals surface area contributed by atoms with E-state index in [1.54, 1.807) is 10.9 Å². The van der Waals surface area contributed by atoms with Gasteiger partial charge in [-0.25, -0.2) is 0 Å². The van der Waals surface area contributed by atoms with E-state index in [9.17, 15) is 0 Å². The van der Waals surface area contributed by atoms with E-state index in [1.807, 2.05) is 21.0 Å². The maximum Gasteiger partial charge on any atom is 0.0785 e. The minimum absolute atomic E-state index is 0.153. The van der Waals surface area contributed by atoms with Crippen LogP contribution in [0.2, 0.25) is 0 Å². The van der Waals surface area contributed by atoms with E-state index in [-0.39, 0.29) is 12.1 Å². The van der Waals surface area contributed by atoms with Crippen molar-refractivity contribution in [3.63, 3.8) is 0 Å². The lowest BCUT2D eigenvalue weighted by atomic mass is 10.0. The molecule has 2 unspecified atom stereocenters. The summed E-state index contributed by atoms with van der Waals surface area (Å²) in [5.41, 5.74) is 1.06. The molecule has 0 aromatic carbocycles. The van der Waals surface area contributed by atoms with Gasteiger partial charge in [0, 0.05) is 13.7 Å². The predicted octanol–water partition coefficient (Wildman–Crippen LogP) is 1.28. The molecule has 0 amide bonds. The second-order valence-corrected chi connectivity index (χ2v) is 3.83. The lowest BCUT2D eigenvalue weighted by Gasteiger charge is -2.26.